The maximum atomic E-state index is 9.88. The number of hydrogen-bond donors (Lipinski definition) is 1. The van der Waals surface area contributed by atoms with Crippen molar-refractivity contribution in [2.45, 2.75) is 25.6 Å². The normalized spacial score (nSPS) is 14.0. The third-order valence-electron chi connectivity index (χ3n) is 3.16. The van der Waals surface area contributed by atoms with Crippen molar-refractivity contribution in [2.24, 2.45) is 0 Å². The van der Waals surface area contributed by atoms with E-state index in [9.17, 15) is 5.11 Å². The zero-order valence-electron chi connectivity index (χ0n) is 11.2. The monoisotopic (exact) mass is 256 g/mol. The van der Waals surface area contributed by atoms with E-state index in [1.54, 1.807) is 0 Å². The molecule has 0 radical (unpaired) electrons. The molecule has 0 saturated heterocycles. The lowest BCUT2D eigenvalue weighted by Crippen LogP contribution is -2.18. The van der Waals surface area contributed by atoms with Crippen LogP contribution in [-0.2, 0) is 11.2 Å². The van der Waals surface area contributed by atoms with Crippen molar-refractivity contribution >= 4 is 0 Å². The van der Waals surface area contributed by atoms with Crippen LogP contribution in [0.3, 0.4) is 0 Å². The second-order valence-corrected chi connectivity index (χ2v) is 4.79. The van der Waals surface area contributed by atoms with E-state index in [2.05, 4.69) is 19.1 Å². The number of benzene rings is 2. The molecule has 2 aromatic carbocycles. The largest absolute Gasteiger partial charge is 0.368 e. The van der Waals surface area contributed by atoms with Crippen LogP contribution < -0.4 is 0 Å². The molecule has 2 aromatic rings. The predicted molar refractivity (Wildman–Crippen MR) is 77.0 cm³/mol. The Bertz CT molecular complexity index is 467. The first-order chi connectivity index (χ1) is 9.25. The van der Waals surface area contributed by atoms with Gasteiger partial charge in [0.05, 0.1) is 6.61 Å². The lowest BCUT2D eigenvalue weighted by molar-refractivity contribution is -0.101. The maximum Gasteiger partial charge on any atom is 0.158 e. The van der Waals surface area contributed by atoms with Gasteiger partial charge < -0.3 is 9.84 Å². The average Bonchev–Trinajstić information content (AvgIpc) is 2.47. The molecule has 0 aliphatic rings. The van der Waals surface area contributed by atoms with Gasteiger partial charge in [-0.05, 0) is 11.1 Å². The first-order valence-electron chi connectivity index (χ1n) is 6.64. The van der Waals surface area contributed by atoms with Crippen LogP contribution in [0.1, 0.15) is 24.0 Å². The number of hydrogen-bond acceptors (Lipinski definition) is 2. The van der Waals surface area contributed by atoms with Gasteiger partial charge in [0.1, 0.15) is 0 Å². The Morgan fingerprint density at radius 2 is 1.53 bits per heavy atom. The Labute approximate surface area is 114 Å². The van der Waals surface area contributed by atoms with Crippen molar-refractivity contribution in [3.05, 3.63) is 71.8 Å². The fourth-order valence-electron chi connectivity index (χ4n) is 2.01. The van der Waals surface area contributed by atoms with Gasteiger partial charge in [-0.1, -0.05) is 67.6 Å². The molecule has 2 heteroatoms. The summed E-state index contributed by atoms with van der Waals surface area (Å²) in [6, 6.07) is 20.1. The van der Waals surface area contributed by atoms with Gasteiger partial charge in [-0.25, -0.2) is 0 Å². The minimum Gasteiger partial charge on any atom is -0.368 e. The zero-order chi connectivity index (χ0) is 13.5. The third-order valence-corrected chi connectivity index (χ3v) is 3.16. The SMILES string of the molecule is CC(COC(O)Cc1ccccc1)c1ccccc1. The molecule has 0 amide bonds. The van der Waals surface area contributed by atoms with E-state index in [4.69, 9.17) is 4.74 Å². The van der Waals surface area contributed by atoms with Crippen LogP contribution in [0.25, 0.3) is 0 Å². The first kappa shape index (κ1) is 13.8. The molecule has 2 nitrogen and oxygen atoms in total. The van der Waals surface area contributed by atoms with Crippen LogP contribution in [0.15, 0.2) is 60.7 Å². The van der Waals surface area contributed by atoms with Crippen LogP contribution in [0.4, 0.5) is 0 Å². The second-order valence-electron chi connectivity index (χ2n) is 4.79. The van der Waals surface area contributed by atoms with E-state index in [-0.39, 0.29) is 5.92 Å². The van der Waals surface area contributed by atoms with E-state index >= 15 is 0 Å². The van der Waals surface area contributed by atoms with Gasteiger partial charge in [0.15, 0.2) is 6.29 Å². The van der Waals surface area contributed by atoms with Crippen LogP contribution in [-0.4, -0.2) is 18.0 Å². The van der Waals surface area contributed by atoms with Gasteiger partial charge in [0, 0.05) is 12.3 Å². The first-order valence-corrected chi connectivity index (χ1v) is 6.64. The van der Waals surface area contributed by atoms with Gasteiger partial charge >= 0.3 is 0 Å². The summed E-state index contributed by atoms with van der Waals surface area (Å²) in [6.45, 7) is 2.63. The van der Waals surface area contributed by atoms with Crippen molar-refractivity contribution in [1.29, 1.82) is 0 Å². The summed E-state index contributed by atoms with van der Waals surface area (Å²) in [5.41, 5.74) is 2.32. The number of aliphatic hydroxyl groups excluding tert-OH is 1. The van der Waals surface area contributed by atoms with Crippen molar-refractivity contribution in [1.82, 2.24) is 0 Å². The summed E-state index contributed by atoms with van der Waals surface area (Å²) >= 11 is 0. The maximum absolute atomic E-state index is 9.88. The highest BCUT2D eigenvalue weighted by Crippen LogP contribution is 2.15. The average molecular weight is 256 g/mol. The van der Waals surface area contributed by atoms with Crippen molar-refractivity contribution < 1.29 is 9.84 Å². The van der Waals surface area contributed by atoms with E-state index in [1.807, 2.05) is 48.5 Å². The molecule has 100 valence electrons. The molecule has 2 atom stereocenters. The molecular weight excluding hydrogens is 236 g/mol. The Kier molecular flexibility index (Phi) is 5.13. The van der Waals surface area contributed by atoms with Gasteiger partial charge in [-0.3, -0.25) is 0 Å². The summed E-state index contributed by atoms with van der Waals surface area (Å²) in [5.74, 6) is 0.284. The fourth-order valence-corrected chi connectivity index (χ4v) is 2.01. The van der Waals surface area contributed by atoms with Gasteiger partial charge in [0.2, 0.25) is 0 Å². The second kappa shape index (κ2) is 7.07. The van der Waals surface area contributed by atoms with Gasteiger partial charge in [-0.2, -0.15) is 0 Å². The summed E-state index contributed by atoms with van der Waals surface area (Å²) in [6.07, 6.45) is -0.212. The van der Waals surface area contributed by atoms with E-state index in [0.717, 1.165) is 5.56 Å². The lowest BCUT2D eigenvalue weighted by Gasteiger charge is -2.16. The van der Waals surface area contributed by atoms with E-state index < -0.39 is 6.29 Å². The van der Waals surface area contributed by atoms with E-state index in [1.165, 1.54) is 5.56 Å². The number of ether oxygens (including phenoxy) is 1. The summed E-state index contributed by atoms with van der Waals surface area (Å²) in [5, 5.41) is 9.88. The molecule has 19 heavy (non-hydrogen) atoms. The third kappa shape index (κ3) is 4.51. The van der Waals surface area contributed by atoms with Gasteiger partial charge in [-0.15, -0.1) is 0 Å². The summed E-state index contributed by atoms with van der Waals surface area (Å²) < 4.78 is 5.52. The lowest BCUT2D eigenvalue weighted by atomic mass is 10.0. The molecule has 0 aliphatic heterocycles. The Morgan fingerprint density at radius 3 is 2.16 bits per heavy atom. The molecule has 0 bridgehead atoms. The molecule has 1 N–H and O–H groups in total. The molecule has 0 saturated carbocycles. The minimum atomic E-state index is -0.742. The minimum absolute atomic E-state index is 0.284. The molecule has 0 aromatic heterocycles. The van der Waals surface area contributed by atoms with Crippen LogP contribution >= 0.6 is 0 Å². The van der Waals surface area contributed by atoms with Crippen LogP contribution in [0.2, 0.25) is 0 Å². The molecule has 2 unspecified atom stereocenters. The highest BCUT2D eigenvalue weighted by Gasteiger charge is 2.10. The predicted octanol–water partition coefficient (Wildman–Crippen LogP) is 3.37. The van der Waals surface area contributed by atoms with Crippen molar-refractivity contribution in [2.75, 3.05) is 6.61 Å². The highest BCUT2D eigenvalue weighted by molar-refractivity contribution is 5.18. The molecule has 0 aliphatic carbocycles. The smallest absolute Gasteiger partial charge is 0.158 e. The Hall–Kier alpha value is -1.64. The van der Waals surface area contributed by atoms with Crippen LogP contribution in [0, 0.1) is 0 Å². The van der Waals surface area contributed by atoms with Crippen molar-refractivity contribution in [3.8, 4) is 0 Å². The summed E-state index contributed by atoms with van der Waals surface area (Å²) in [7, 11) is 0. The van der Waals surface area contributed by atoms with Gasteiger partial charge in [0.25, 0.3) is 0 Å². The summed E-state index contributed by atoms with van der Waals surface area (Å²) in [4.78, 5) is 0. The molecule has 0 heterocycles. The molecular formula is C17H20O2. The fraction of sp³-hybridized carbons (Fsp3) is 0.294. The zero-order valence-corrected chi connectivity index (χ0v) is 11.2. The molecule has 2 rings (SSSR count). The van der Waals surface area contributed by atoms with Crippen LogP contribution in [0.5, 0.6) is 0 Å². The quantitative estimate of drug-likeness (QED) is 0.803. The topological polar surface area (TPSA) is 29.5 Å². The highest BCUT2D eigenvalue weighted by atomic mass is 16.6. The molecule has 0 fully saturated rings. The standard InChI is InChI=1S/C17H20O2/c1-14(16-10-6-3-7-11-16)13-19-17(18)12-15-8-4-2-5-9-15/h2-11,14,17-18H,12-13H2,1H3. The number of aliphatic hydroxyl groups is 1. The molecule has 0 spiro atoms. The number of rotatable bonds is 6. The van der Waals surface area contributed by atoms with E-state index in [0.29, 0.717) is 13.0 Å². The Morgan fingerprint density at radius 1 is 0.947 bits per heavy atom. The van der Waals surface area contributed by atoms with Crippen molar-refractivity contribution in [3.63, 3.8) is 0 Å². The Balaban J connectivity index is 1.79.